The Labute approximate surface area is 184 Å². The predicted octanol–water partition coefficient (Wildman–Crippen LogP) is 3.80. The van der Waals surface area contributed by atoms with Gasteiger partial charge in [-0.15, -0.1) is 24.0 Å². The van der Waals surface area contributed by atoms with Crippen LogP contribution in [0.1, 0.15) is 5.69 Å². The van der Waals surface area contributed by atoms with Crippen molar-refractivity contribution in [3.05, 3.63) is 65.0 Å². The number of nitrogens with zero attached hydrogens (tertiary/aromatic N) is 4. The van der Waals surface area contributed by atoms with Crippen LogP contribution in [0.3, 0.4) is 0 Å². The number of aromatic nitrogens is 2. The fourth-order valence-corrected chi connectivity index (χ4v) is 2.93. The van der Waals surface area contributed by atoms with E-state index in [-0.39, 0.29) is 24.0 Å². The maximum Gasteiger partial charge on any atom is 0.193 e. The van der Waals surface area contributed by atoms with E-state index < -0.39 is 0 Å². The van der Waals surface area contributed by atoms with Gasteiger partial charge in [0, 0.05) is 31.0 Å². The first-order chi connectivity index (χ1) is 12.7. The van der Waals surface area contributed by atoms with Gasteiger partial charge in [0.1, 0.15) is 18.0 Å². The van der Waals surface area contributed by atoms with Gasteiger partial charge in [0.05, 0.1) is 18.8 Å². The van der Waals surface area contributed by atoms with Crippen molar-refractivity contribution >= 4 is 51.5 Å². The normalized spacial score (nSPS) is 11.1. The number of para-hydroxylation sites is 1. The van der Waals surface area contributed by atoms with Crippen molar-refractivity contribution in [2.45, 2.75) is 6.54 Å². The fraction of sp³-hybridized carbons (Fsp3) is 0.263. The largest absolute Gasteiger partial charge is 0.492 e. The molecule has 8 heteroatoms. The lowest BCUT2D eigenvalue weighted by molar-refractivity contribution is 0.281. The molecule has 0 spiro atoms. The molecule has 0 radical (unpaired) electrons. The van der Waals surface area contributed by atoms with E-state index in [4.69, 9.17) is 4.74 Å². The van der Waals surface area contributed by atoms with Crippen molar-refractivity contribution < 1.29 is 4.74 Å². The minimum atomic E-state index is 0. The van der Waals surface area contributed by atoms with Crippen LogP contribution in [0.15, 0.2) is 64.3 Å². The number of nitrogens with one attached hydrogen (secondary N) is 1. The highest BCUT2D eigenvalue weighted by Crippen LogP contribution is 2.12. The Hall–Kier alpha value is -1.81. The van der Waals surface area contributed by atoms with Gasteiger partial charge >= 0.3 is 0 Å². The Morgan fingerprint density at radius 2 is 2.00 bits per heavy atom. The monoisotopic (exact) mass is 543 g/mol. The molecule has 0 fully saturated rings. The zero-order valence-corrected chi connectivity index (χ0v) is 19.2. The van der Waals surface area contributed by atoms with Crippen LogP contribution < -0.4 is 10.1 Å². The van der Waals surface area contributed by atoms with Crippen molar-refractivity contribution in [3.8, 4) is 5.75 Å². The molecule has 0 saturated carbocycles. The van der Waals surface area contributed by atoms with E-state index in [1.165, 1.54) is 0 Å². The summed E-state index contributed by atoms with van der Waals surface area (Å²) in [5.41, 5.74) is 1.88. The van der Waals surface area contributed by atoms with Crippen molar-refractivity contribution in [1.29, 1.82) is 0 Å². The summed E-state index contributed by atoms with van der Waals surface area (Å²) in [5.74, 6) is 1.68. The molecule has 0 unspecified atom stereocenters. The van der Waals surface area contributed by atoms with Crippen LogP contribution in [-0.2, 0) is 6.54 Å². The Bertz CT molecular complexity index is 884. The second kappa shape index (κ2) is 10.5. The van der Waals surface area contributed by atoms with E-state index in [9.17, 15) is 0 Å². The summed E-state index contributed by atoms with van der Waals surface area (Å²) in [7, 11) is 3.77. The molecule has 2 aromatic heterocycles. The molecule has 0 saturated heterocycles. The number of halogens is 2. The minimum absolute atomic E-state index is 0. The third-order valence-electron chi connectivity index (χ3n) is 3.90. The van der Waals surface area contributed by atoms with Crippen LogP contribution in [0.5, 0.6) is 5.75 Å². The maximum absolute atomic E-state index is 5.74. The number of hydrogen-bond acceptors (Lipinski definition) is 3. The molecule has 144 valence electrons. The minimum Gasteiger partial charge on any atom is -0.492 e. The van der Waals surface area contributed by atoms with E-state index in [2.05, 4.69) is 31.2 Å². The Balaban J connectivity index is 0.00000261. The van der Waals surface area contributed by atoms with E-state index in [0.717, 1.165) is 34.1 Å². The third-order valence-corrected chi connectivity index (χ3v) is 4.37. The summed E-state index contributed by atoms with van der Waals surface area (Å²) in [5, 5.41) is 3.34. The molecule has 27 heavy (non-hydrogen) atoms. The summed E-state index contributed by atoms with van der Waals surface area (Å²) in [4.78, 5) is 11.0. The predicted molar refractivity (Wildman–Crippen MR) is 123 cm³/mol. The summed E-state index contributed by atoms with van der Waals surface area (Å²) >= 11 is 3.47. The van der Waals surface area contributed by atoms with Crippen LogP contribution in [0, 0.1) is 0 Å². The number of hydrogen-bond donors (Lipinski definition) is 1. The lowest BCUT2D eigenvalue weighted by atomic mass is 10.3. The van der Waals surface area contributed by atoms with Gasteiger partial charge in [0.15, 0.2) is 5.96 Å². The van der Waals surface area contributed by atoms with Crippen LogP contribution in [-0.4, -0.2) is 47.5 Å². The smallest absolute Gasteiger partial charge is 0.193 e. The molecule has 0 bridgehead atoms. The molecule has 0 atom stereocenters. The Morgan fingerprint density at radius 3 is 2.74 bits per heavy atom. The van der Waals surface area contributed by atoms with Crippen LogP contribution >= 0.6 is 39.9 Å². The number of aliphatic imine (C=N–C) groups is 1. The summed E-state index contributed by atoms with van der Waals surface area (Å²) in [6.07, 6.45) is 4.01. The van der Waals surface area contributed by atoms with Crippen molar-refractivity contribution in [2.75, 3.05) is 27.2 Å². The lowest BCUT2D eigenvalue weighted by Gasteiger charge is -2.21. The van der Waals surface area contributed by atoms with Crippen LogP contribution in [0.4, 0.5) is 0 Å². The first-order valence-corrected chi connectivity index (χ1v) is 9.18. The van der Waals surface area contributed by atoms with Gasteiger partial charge in [-0.1, -0.05) is 18.2 Å². The summed E-state index contributed by atoms with van der Waals surface area (Å²) < 4.78 is 8.77. The highest BCUT2D eigenvalue weighted by atomic mass is 127. The first-order valence-electron chi connectivity index (χ1n) is 8.38. The fourth-order valence-electron chi connectivity index (χ4n) is 2.58. The molecular formula is C19H23BrIN5O. The molecule has 6 nitrogen and oxygen atoms in total. The molecule has 0 aliphatic rings. The van der Waals surface area contributed by atoms with E-state index in [1.54, 1.807) is 7.05 Å². The number of guanidine groups is 1. The second-order valence-corrected chi connectivity index (χ2v) is 6.74. The van der Waals surface area contributed by atoms with Gasteiger partial charge in [-0.25, -0.2) is 4.98 Å². The lowest BCUT2D eigenvalue weighted by Crippen LogP contribution is -2.40. The maximum atomic E-state index is 5.74. The van der Waals surface area contributed by atoms with Crippen molar-refractivity contribution in [2.24, 2.45) is 4.99 Å². The average molecular weight is 544 g/mol. The topological polar surface area (TPSA) is 54.2 Å². The zero-order valence-electron chi connectivity index (χ0n) is 15.3. The third kappa shape index (κ3) is 6.10. The number of imidazole rings is 1. The Morgan fingerprint density at radius 1 is 1.22 bits per heavy atom. The molecule has 1 N–H and O–H groups in total. The first kappa shape index (κ1) is 21.5. The number of rotatable bonds is 6. The van der Waals surface area contributed by atoms with E-state index in [1.807, 2.05) is 71.2 Å². The van der Waals surface area contributed by atoms with Crippen LogP contribution in [0.2, 0.25) is 0 Å². The molecular weight excluding hydrogens is 521 g/mol. The van der Waals surface area contributed by atoms with Crippen LogP contribution in [0.25, 0.3) is 5.65 Å². The van der Waals surface area contributed by atoms with E-state index >= 15 is 0 Å². The number of pyridine rings is 1. The zero-order chi connectivity index (χ0) is 18.4. The molecule has 0 amide bonds. The average Bonchev–Trinajstić information content (AvgIpc) is 3.05. The van der Waals surface area contributed by atoms with Crippen molar-refractivity contribution in [3.63, 3.8) is 0 Å². The molecule has 2 heterocycles. The highest BCUT2D eigenvalue weighted by Gasteiger charge is 2.08. The van der Waals surface area contributed by atoms with Gasteiger partial charge in [0.2, 0.25) is 0 Å². The Kier molecular flexibility index (Phi) is 8.36. The summed E-state index contributed by atoms with van der Waals surface area (Å²) in [6, 6.07) is 13.8. The highest BCUT2D eigenvalue weighted by molar-refractivity contribution is 14.0. The van der Waals surface area contributed by atoms with Gasteiger partial charge < -0.3 is 19.4 Å². The second-order valence-electron chi connectivity index (χ2n) is 5.83. The quantitative estimate of drug-likeness (QED) is 0.292. The molecule has 3 rings (SSSR count). The van der Waals surface area contributed by atoms with Gasteiger partial charge in [-0.3, -0.25) is 4.99 Å². The van der Waals surface area contributed by atoms with Gasteiger partial charge in [-0.05, 0) is 40.2 Å². The summed E-state index contributed by atoms with van der Waals surface area (Å²) in [6.45, 7) is 1.92. The number of fused-ring (bicyclic) bond motifs is 1. The van der Waals surface area contributed by atoms with Crippen molar-refractivity contribution in [1.82, 2.24) is 19.6 Å². The molecule has 3 aromatic rings. The molecule has 0 aliphatic heterocycles. The van der Waals surface area contributed by atoms with Gasteiger partial charge in [0.25, 0.3) is 0 Å². The van der Waals surface area contributed by atoms with E-state index in [0.29, 0.717) is 13.2 Å². The van der Waals surface area contributed by atoms with Gasteiger partial charge in [-0.2, -0.15) is 0 Å². The molecule has 0 aliphatic carbocycles. The number of likely N-dealkylation sites (N-methyl/N-ethyl adjacent to an activating group) is 1. The number of ether oxygens (including phenoxy) is 1. The molecule has 1 aromatic carbocycles. The SMILES string of the molecule is CN=C(NCc1cn2cc(Br)ccc2n1)N(C)CCOc1ccccc1.I. The standard InChI is InChI=1S/C19H22BrN5O.HI/c1-21-19(24(2)10-11-26-17-6-4-3-5-7-17)22-12-16-14-25-13-15(20)8-9-18(25)23-16;/h3-9,13-14H,10-12H2,1-2H3,(H,21,22);1H. The number of benzene rings is 1.